The minimum atomic E-state index is 0.0305. The number of hydrogen-bond acceptors (Lipinski definition) is 4. The van der Waals surface area contributed by atoms with Gasteiger partial charge in [0, 0.05) is 12.2 Å². The van der Waals surface area contributed by atoms with Gasteiger partial charge in [0.05, 0.1) is 24.7 Å². The molecule has 1 fully saturated rings. The summed E-state index contributed by atoms with van der Waals surface area (Å²) in [5.41, 5.74) is 0.919. The molecule has 2 aliphatic rings. The zero-order valence-corrected chi connectivity index (χ0v) is 11.4. The van der Waals surface area contributed by atoms with Crippen LogP contribution in [0.15, 0.2) is 24.7 Å². The SMILES string of the molecule is O=C(Cn1cc(NCC2CCC=CO2)cn1)NC1CC1. The van der Waals surface area contributed by atoms with Gasteiger partial charge < -0.3 is 15.4 Å². The number of ether oxygens (including phenoxy) is 1. The molecule has 0 bridgehead atoms. The standard InChI is InChI=1S/C14H20N4O2/c19-14(17-11-4-5-11)10-18-9-12(7-16-18)15-8-13-3-1-2-6-20-13/h2,6-7,9,11,13,15H,1,3-5,8,10H2,(H,17,19). The van der Waals surface area contributed by atoms with Crippen LogP contribution >= 0.6 is 0 Å². The summed E-state index contributed by atoms with van der Waals surface area (Å²) in [6.45, 7) is 1.03. The highest BCUT2D eigenvalue weighted by Crippen LogP contribution is 2.18. The minimum absolute atomic E-state index is 0.0305. The Bertz CT molecular complexity index is 493. The molecule has 1 amide bonds. The summed E-state index contributed by atoms with van der Waals surface area (Å²) < 4.78 is 7.14. The van der Waals surface area contributed by atoms with Crippen LogP contribution in [0.1, 0.15) is 25.7 Å². The van der Waals surface area contributed by atoms with Crippen LogP contribution in [0, 0.1) is 0 Å². The molecule has 1 aromatic heterocycles. The molecule has 1 aromatic rings. The van der Waals surface area contributed by atoms with E-state index in [1.165, 1.54) is 0 Å². The molecule has 2 N–H and O–H groups in total. The van der Waals surface area contributed by atoms with Crippen molar-refractivity contribution in [2.24, 2.45) is 0 Å². The first-order valence-corrected chi connectivity index (χ1v) is 7.16. The van der Waals surface area contributed by atoms with Crippen LogP contribution in [0.5, 0.6) is 0 Å². The van der Waals surface area contributed by atoms with Crippen LogP contribution in [0.3, 0.4) is 0 Å². The smallest absolute Gasteiger partial charge is 0.241 e. The minimum Gasteiger partial charge on any atom is -0.497 e. The van der Waals surface area contributed by atoms with Gasteiger partial charge in [0.15, 0.2) is 0 Å². The van der Waals surface area contributed by atoms with Gasteiger partial charge in [-0.25, -0.2) is 0 Å². The Labute approximate surface area is 118 Å². The first kappa shape index (κ1) is 13.0. The number of nitrogens with one attached hydrogen (secondary N) is 2. The molecule has 0 aromatic carbocycles. The Morgan fingerprint density at radius 3 is 3.10 bits per heavy atom. The molecule has 6 nitrogen and oxygen atoms in total. The van der Waals surface area contributed by atoms with E-state index >= 15 is 0 Å². The molecular weight excluding hydrogens is 256 g/mol. The number of hydrogen-bond donors (Lipinski definition) is 2. The highest BCUT2D eigenvalue weighted by Gasteiger charge is 2.23. The van der Waals surface area contributed by atoms with Gasteiger partial charge in [-0.05, 0) is 31.8 Å². The normalized spacial score (nSPS) is 21.3. The van der Waals surface area contributed by atoms with E-state index in [1.807, 2.05) is 12.3 Å². The second-order valence-corrected chi connectivity index (χ2v) is 5.36. The molecule has 3 rings (SSSR count). The number of amides is 1. The van der Waals surface area contributed by atoms with Gasteiger partial charge in [-0.1, -0.05) is 0 Å². The molecule has 108 valence electrons. The van der Waals surface area contributed by atoms with Gasteiger partial charge in [-0.15, -0.1) is 0 Å². The summed E-state index contributed by atoms with van der Waals surface area (Å²) in [5, 5.41) is 10.4. The number of nitrogens with zero attached hydrogens (tertiary/aromatic N) is 2. The average molecular weight is 276 g/mol. The van der Waals surface area contributed by atoms with Gasteiger partial charge >= 0.3 is 0 Å². The predicted octanol–water partition coefficient (Wildman–Crippen LogP) is 1.27. The third-order valence-corrected chi connectivity index (χ3v) is 3.44. The van der Waals surface area contributed by atoms with Gasteiger partial charge in [0.25, 0.3) is 0 Å². The van der Waals surface area contributed by atoms with Crippen LogP contribution in [0.4, 0.5) is 5.69 Å². The first-order valence-electron chi connectivity index (χ1n) is 7.16. The highest BCUT2D eigenvalue weighted by atomic mass is 16.5. The predicted molar refractivity (Wildman–Crippen MR) is 75.1 cm³/mol. The first-order chi connectivity index (χ1) is 9.79. The van der Waals surface area contributed by atoms with Crippen LogP contribution in [-0.2, 0) is 16.1 Å². The molecule has 1 aliphatic heterocycles. The summed E-state index contributed by atoms with van der Waals surface area (Å²) in [6, 6.07) is 0.396. The van der Waals surface area contributed by atoms with E-state index in [4.69, 9.17) is 4.74 Å². The number of anilines is 1. The zero-order valence-electron chi connectivity index (χ0n) is 11.4. The van der Waals surface area contributed by atoms with Crippen LogP contribution in [0.25, 0.3) is 0 Å². The second kappa shape index (κ2) is 5.98. The molecule has 1 unspecified atom stereocenters. The maximum absolute atomic E-state index is 11.7. The molecule has 0 radical (unpaired) electrons. The molecular formula is C14H20N4O2. The largest absolute Gasteiger partial charge is 0.497 e. The summed E-state index contributed by atoms with van der Waals surface area (Å²) in [7, 11) is 0. The lowest BCUT2D eigenvalue weighted by Crippen LogP contribution is -2.29. The third kappa shape index (κ3) is 3.76. The van der Waals surface area contributed by atoms with Crippen molar-refractivity contribution in [1.82, 2.24) is 15.1 Å². The fourth-order valence-electron chi connectivity index (χ4n) is 2.16. The van der Waals surface area contributed by atoms with Crippen molar-refractivity contribution in [3.63, 3.8) is 0 Å². The molecule has 6 heteroatoms. The molecule has 1 saturated carbocycles. The van der Waals surface area contributed by atoms with Crippen molar-refractivity contribution in [2.75, 3.05) is 11.9 Å². The van der Waals surface area contributed by atoms with E-state index in [2.05, 4.69) is 15.7 Å². The Kier molecular flexibility index (Phi) is 3.90. The highest BCUT2D eigenvalue weighted by molar-refractivity contribution is 5.76. The Morgan fingerprint density at radius 2 is 2.35 bits per heavy atom. The summed E-state index contributed by atoms with van der Waals surface area (Å²) >= 11 is 0. The van der Waals surface area contributed by atoms with Crippen molar-refractivity contribution < 1.29 is 9.53 Å². The number of aromatic nitrogens is 2. The number of carbonyl (C=O) groups is 1. The topological polar surface area (TPSA) is 68.2 Å². The molecule has 1 atom stereocenters. The van der Waals surface area contributed by atoms with E-state index < -0.39 is 0 Å². The number of carbonyl (C=O) groups excluding carboxylic acids is 1. The third-order valence-electron chi connectivity index (χ3n) is 3.44. The maximum atomic E-state index is 11.7. The van der Waals surface area contributed by atoms with Crippen LogP contribution < -0.4 is 10.6 Å². The summed E-state index contributed by atoms with van der Waals surface area (Å²) in [5.74, 6) is 0.0305. The Morgan fingerprint density at radius 1 is 1.45 bits per heavy atom. The van der Waals surface area contributed by atoms with Gasteiger partial charge in [-0.3, -0.25) is 9.48 Å². The second-order valence-electron chi connectivity index (χ2n) is 5.36. The van der Waals surface area contributed by atoms with Crippen molar-refractivity contribution >= 4 is 11.6 Å². The van der Waals surface area contributed by atoms with Gasteiger partial charge in [-0.2, -0.15) is 5.10 Å². The lowest BCUT2D eigenvalue weighted by Gasteiger charge is -2.19. The van der Waals surface area contributed by atoms with E-state index in [1.54, 1.807) is 17.1 Å². The quantitative estimate of drug-likeness (QED) is 0.821. The lowest BCUT2D eigenvalue weighted by atomic mass is 10.1. The van der Waals surface area contributed by atoms with Crippen molar-refractivity contribution in [3.8, 4) is 0 Å². The van der Waals surface area contributed by atoms with Gasteiger partial charge in [0.2, 0.25) is 5.91 Å². The maximum Gasteiger partial charge on any atom is 0.241 e. The summed E-state index contributed by atoms with van der Waals surface area (Å²) in [4.78, 5) is 11.7. The van der Waals surface area contributed by atoms with Crippen molar-refractivity contribution in [1.29, 1.82) is 0 Å². The average Bonchev–Trinajstić information content (AvgIpc) is 3.15. The van der Waals surface area contributed by atoms with Crippen molar-refractivity contribution in [3.05, 3.63) is 24.7 Å². The van der Waals surface area contributed by atoms with E-state index in [0.29, 0.717) is 6.04 Å². The van der Waals surface area contributed by atoms with E-state index in [9.17, 15) is 4.79 Å². The number of rotatable bonds is 6. The molecule has 1 aliphatic carbocycles. The summed E-state index contributed by atoms with van der Waals surface area (Å²) in [6.07, 6.45) is 11.9. The fraction of sp³-hybridized carbons (Fsp3) is 0.571. The van der Waals surface area contributed by atoms with Gasteiger partial charge in [0.1, 0.15) is 12.6 Å². The Balaban J connectivity index is 1.43. The molecule has 2 heterocycles. The van der Waals surface area contributed by atoms with Crippen LogP contribution in [-0.4, -0.2) is 34.4 Å². The van der Waals surface area contributed by atoms with E-state index in [0.717, 1.165) is 37.9 Å². The molecule has 0 saturated heterocycles. The van der Waals surface area contributed by atoms with Crippen LogP contribution in [0.2, 0.25) is 0 Å². The number of allylic oxidation sites excluding steroid dienone is 1. The zero-order chi connectivity index (χ0) is 13.8. The lowest BCUT2D eigenvalue weighted by molar-refractivity contribution is -0.122. The Hall–Kier alpha value is -1.98. The fourth-order valence-corrected chi connectivity index (χ4v) is 2.16. The monoisotopic (exact) mass is 276 g/mol. The molecule has 20 heavy (non-hydrogen) atoms. The van der Waals surface area contributed by atoms with Crippen molar-refractivity contribution in [2.45, 2.75) is 44.4 Å². The van der Waals surface area contributed by atoms with E-state index in [-0.39, 0.29) is 18.6 Å². The molecule has 0 spiro atoms.